The predicted octanol–water partition coefficient (Wildman–Crippen LogP) is 1.22. The Labute approximate surface area is 120 Å². The second-order valence-corrected chi connectivity index (χ2v) is 4.58. The number of hydrogen-bond acceptors (Lipinski definition) is 3. The summed E-state index contributed by atoms with van der Waals surface area (Å²) in [6.07, 6.45) is 0.475. The average Bonchev–Trinajstić information content (AvgIpc) is 2.36. The van der Waals surface area contributed by atoms with E-state index in [9.17, 15) is 9.59 Å². The van der Waals surface area contributed by atoms with Crippen LogP contribution >= 0.6 is 23.2 Å². The van der Waals surface area contributed by atoms with Crippen molar-refractivity contribution in [1.29, 1.82) is 0 Å². The summed E-state index contributed by atoms with van der Waals surface area (Å²) in [5.41, 5.74) is 0.259. The Balaban J connectivity index is 2.45. The summed E-state index contributed by atoms with van der Waals surface area (Å²) in [5, 5.41) is 14.2. The van der Waals surface area contributed by atoms with Crippen molar-refractivity contribution in [2.75, 3.05) is 19.7 Å². The van der Waals surface area contributed by atoms with E-state index in [0.29, 0.717) is 18.0 Å². The van der Waals surface area contributed by atoms with Gasteiger partial charge in [0.25, 0.3) is 5.91 Å². The molecule has 5 nitrogen and oxygen atoms in total. The van der Waals surface area contributed by atoms with Crippen molar-refractivity contribution in [2.45, 2.75) is 6.42 Å². The number of hydrogen-bond donors (Lipinski definition) is 3. The summed E-state index contributed by atoms with van der Waals surface area (Å²) >= 11 is 11.6. The van der Waals surface area contributed by atoms with Crippen LogP contribution in [0.5, 0.6) is 0 Å². The first kappa shape index (κ1) is 15.8. The van der Waals surface area contributed by atoms with Gasteiger partial charge in [-0.3, -0.25) is 9.59 Å². The molecule has 2 amide bonds. The van der Waals surface area contributed by atoms with E-state index in [1.54, 1.807) is 6.07 Å². The molecule has 0 saturated heterocycles. The van der Waals surface area contributed by atoms with Crippen LogP contribution in [-0.4, -0.2) is 36.6 Å². The van der Waals surface area contributed by atoms with Crippen molar-refractivity contribution in [3.63, 3.8) is 0 Å². The van der Waals surface area contributed by atoms with Crippen LogP contribution in [0, 0.1) is 0 Å². The fourth-order valence-electron chi connectivity index (χ4n) is 1.30. The Kier molecular flexibility index (Phi) is 6.62. The van der Waals surface area contributed by atoms with Crippen LogP contribution in [0.25, 0.3) is 0 Å². The largest absolute Gasteiger partial charge is 0.396 e. The minimum atomic E-state index is -0.445. The zero-order valence-corrected chi connectivity index (χ0v) is 11.6. The smallest absolute Gasteiger partial charge is 0.253 e. The number of benzene rings is 1. The Morgan fingerprint density at radius 2 is 1.95 bits per heavy atom. The van der Waals surface area contributed by atoms with E-state index >= 15 is 0 Å². The van der Waals surface area contributed by atoms with Gasteiger partial charge in [-0.05, 0) is 24.6 Å². The molecular formula is C12H14Cl2N2O3. The number of nitrogens with one attached hydrogen (secondary N) is 2. The van der Waals surface area contributed by atoms with Gasteiger partial charge in [-0.2, -0.15) is 0 Å². The van der Waals surface area contributed by atoms with Crippen LogP contribution in [0.2, 0.25) is 10.0 Å². The third-order valence-electron chi connectivity index (χ3n) is 2.24. The van der Waals surface area contributed by atoms with E-state index in [-0.39, 0.29) is 29.6 Å². The minimum absolute atomic E-state index is 0.00697. The number of rotatable bonds is 6. The van der Waals surface area contributed by atoms with Crippen molar-refractivity contribution in [1.82, 2.24) is 10.6 Å². The summed E-state index contributed by atoms with van der Waals surface area (Å²) in [4.78, 5) is 23.1. The second-order valence-electron chi connectivity index (χ2n) is 3.73. The lowest BCUT2D eigenvalue weighted by Gasteiger charge is -2.07. The molecule has 0 unspecified atom stereocenters. The maximum absolute atomic E-state index is 11.8. The van der Waals surface area contributed by atoms with E-state index in [1.807, 2.05) is 0 Å². The fraction of sp³-hybridized carbons (Fsp3) is 0.333. The Hall–Kier alpha value is -1.30. The van der Waals surface area contributed by atoms with Gasteiger partial charge in [0.2, 0.25) is 5.91 Å². The van der Waals surface area contributed by atoms with Gasteiger partial charge in [0.15, 0.2) is 0 Å². The van der Waals surface area contributed by atoms with Crippen LogP contribution in [-0.2, 0) is 4.79 Å². The van der Waals surface area contributed by atoms with Crippen LogP contribution in [0.3, 0.4) is 0 Å². The molecule has 0 atom stereocenters. The average molecular weight is 305 g/mol. The highest BCUT2D eigenvalue weighted by molar-refractivity contribution is 6.36. The van der Waals surface area contributed by atoms with Gasteiger partial charge in [0, 0.05) is 18.2 Å². The molecule has 0 heterocycles. The van der Waals surface area contributed by atoms with Crippen LogP contribution < -0.4 is 10.6 Å². The van der Waals surface area contributed by atoms with Gasteiger partial charge in [-0.25, -0.2) is 0 Å². The molecule has 19 heavy (non-hydrogen) atoms. The molecule has 0 radical (unpaired) electrons. The number of amides is 2. The highest BCUT2D eigenvalue weighted by Gasteiger charge is 2.11. The third kappa shape index (κ3) is 5.46. The highest BCUT2D eigenvalue weighted by Crippen LogP contribution is 2.20. The summed E-state index contributed by atoms with van der Waals surface area (Å²) in [6.45, 7) is 0.225. The normalized spacial score (nSPS) is 10.1. The Bertz CT molecular complexity index is 466. The topological polar surface area (TPSA) is 78.4 Å². The lowest BCUT2D eigenvalue weighted by Crippen LogP contribution is -2.37. The molecule has 1 aromatic rings. The van der Waals surface area contributed by atoms with E-state index in [2.05, 4.69) is 10.6 Å². The lowest BCUT2D eigenvalue weighted by atomic mass is 10.2. The SMILES string of the molecule is O=C(CNC(=O)c1ccc(Cl)cc1Cl)NCCCO. The van der Waals surface area contributed by atoms with Gasteiger partial charge in [-0.15, -0.1) is 0 Å². The first-order valence-electron chi connectivity index (χ1n) is 5.65. The Morgan fingerprint density at radius 3 is 2.58 bits per heavy atom. The van der Waals surface area contributed by atoms with Gasteiger partial charge in [0.1, 0.15) is 0 Å². The van der Waals surface area contributed by atoms with Gasteiger partial charge in [0.05, 0.1) is 17.1 Å². The van der Waals surface area contributed by atoms with Crippen molar-refractivity contribution in [2.24, 2.45) is 0 Å². The van der Waals surface area contributed by atoms with E-state index in [1.165, 1.54) is 12.1 Å². The molecule has 3 N–H and O–H groups in total. The standard InChI is InChI=1S/C12H14Cl2N2O3/c13-8-2-3-9(10(14)6-8)12(19)16-7-11(18)15-4-1-5-17/h2-3,6,17H,1,4-5,7H2,(H,15,18)(H,16,19). The number of carbonyl (C=O) groups excluding carboxylic acids is 2. The quantitative estimate of drug-likeness (QED) is 0.692. The summed E-state index contributed by atoms with van der Waals surface area (Å²) in [7, 11) is 0. The third-order valence-corrected chi connectivity index (χ3v) is 2.79. The summed E-state index contributed by atoms with van der Waals surface area (Å²) in [6, 6.07) is 4.49. The first-order chi connectivity index (χ1) is 9.04. The maximum atomic E-state index is 11.8. The maximum Gasteiger partial charge on any atom is 0.253 e. The fourth-order valence-corrected chi connectivity index (χ4v) is 1.79. The predicted molar refractivity (Wildman–Crippen MR) is 73.5 cm³/mol. The van der Waals surface area contributed by atoms with Crippen molar-refractivity contribution in [3.05, 3.63) is 33.8 Å². The van der Waals surface area contributed by atoms with Gasteiger partial charge >= 0.3 is 0 Å². The monoisotopic (exact) mass is 304 g/mol. The van der Waals surface area contributed by atoms with E-state index < -0.39 is 5.91 Å². The number of carbonyl (C=O) groups is 2. The molecule has 1 aromatic carbocycles. The zero-order chi connectivity index (χ0) is 14.3. The first-order valence-corrected chi connectivity index (χ1v) is 6.41. The molecule has 0 spiro atoms. The molecule has 1 rings (SSSR count). The Morgan fingerprint density at radius 1 is 1.21 bits per heavy atom. The number of aliphatic hydroxyl groups excluding tert-OH is 1. The van der Waals surface area contributed by atoms with Gasteiger partial charge < -0.3 is 15.7 Å². The molecular weight excluding hydrogens is 291 g/mol. The molecule has 104 valence electrons. The number of aliphatic hydroxyl groups is 1. The molecule has 0 saturated carbocycles. The number of halogens is 2. The molecule has 7 heteroatoms. The molecule has 0 aliphatic rings. The van der Waals surface area contributed by atoms with Crippen molar-refractivity contribution >= 4 is 35.0 Å². The summed E-state index contributed by atoms with van der Waals surface area (Å²) < 4.78 is 0. The van der Waals surface area contributed by atoms with Crippen molar-refractivity contribution in [3.8, 4) is 0 Å². The summed E-state index contributed by atoms with van der Waals surface area (Å²) in [5.74, 6) is -0.772. The van der Waals surface area contributed by atoms with Crippen LogP contribution in [0.1, 0.15) is 16.8 Å². The van der Waals surface area contributed by atoms with E-state index in [4.69, 9.17) is 28.3 Å². The molecule has 0 bridgehead atoms. The molecule has 0 aliphatic carbocycles. The zero-order valence-electron chi connectivity index (χ0n) is 10.1. The molecule has 0 aromatic heterocycles. The molecule has 0 aliphatic heterocycles. The van der Waals surface area contributed by atoms with Crippen LogP contribution in [0.15, 0.2) is 18.2 Å². The lowest BCUT2D eigenvalue weighted by molar-refractivity contribution is -0.120. The minimum Gasteiger partial charge on any atom is -0.396 e. The molecule has 0 fully saturated rings. The van der Waals surface area contributed by atoms with E-state index in [0.717, 1.165) is 0 Å². The van der Waals surface area contributed by atoms with Gasteiger partial charge in [-0.1, -0.05) is 23.2 Å². The van der Waals surface area contributed by atoms with Crippen LogP contribution in [0.4, 0.5) is 0 Å². The second kappa shape index (κ2) is 7.99. The highest BCUT2D eigenvalue weighted by atomic mass is 35.5. The van der Waals surface area contributed by atoms with Crippen molar-refractivity contribution < 1.29 is 14.7 Å².